The van der Waals surface area contributed by atoms with Gasteiger partial charge in [0, 0.05) is 25.2 Å². The Morgan fingerprint density at radius 1 is 1.08 bits per heavy atom. The van der Waals surface area contributed by atoms with Crippen molar-refractivity contribution in [3.05, 3.63) is 59.9 Å². The van der Waals surface area contributed by atoms with Crippen LogP contribution in [0.15, 0.2) is 48.8 Å². The molecule has 0 bridgehead atoms. The number of anilines is 1. The number of benzene rings is 1. The van der Waals surface area contributed by atoms with E-state index in [1.165, 1.54) is 0 Å². The molecule has 0 aliphatic rings. The van der Waals surface area contributed by atoms with Crippen molar-refractivity contribution in [2.24, 2.45) is 0 Å². The highest BCUT2D eigenvalue weighted by Crippen LogP contribution is 2.19. The number of amides is 2. The number of hydrogen-bond donors (Lipinski definition) is 2. The Kier molecular flexibility index (Phi) is 6.03. The summed E-state index contributed by atoms with van der Waals surface area (Å²) in [7, 11) is 1.61. The van der Waals surface area contributed by atoms with Gasteiger partial charge in [-0.3, -0.25) is 14.6 Å². The highest BCUT2D eigenvalue weighted by atomic mass is 16.5. The summed E-state index contributed by atoms with van der Waals surface area (Å²) >= 11 is 0. The second-order valence-corrected chi connectivity index (χ2v) is 5.44. The van der Waals surface area contributed by atoms with Crippen LogP contribution in [0, 0.1) is 0 Å². The molecule has 0 aliphatic heterocycles. The lowest BCUT2D eigenvalue weighted by Gasteiger charge is -2.14. The van der Waals surface area contributed by atoms with Crippen LogP contribution in [0.5, 0.6) is 0 Å². The van der Waals surface area contributed by atoms with Gasteiger partial charge in [-0.25, -0.2) is 0 Å². The van der Waals surface area contributed by atoms with Crippen LogP contribution in [-0.2, 0) is 14.3 Å². The summed E-state index contributed by atoms with van der Waals surface area (Å²) < 4.78 is 5.25. The van der Waals surface area contributed by atoms with E-state index in [2.05, 4.69) is 15.6 Å². The van der Waals surface area contributed by atoms with Crippen LogP contribution in [0.3, 0.4) is 0 Å². The van der Waals surface area contributed by atoms with Crippen molar-refractivity contribution in [1.82, 2.24) is 10.3 Å². The highest BCUT2D eigenvalue weighted by Gasteiger charge is 2.17. The molecule has 2 N–H and O–H groups in total. The highest BCUT2D eigenvalue weighted by molar-refractivity contribution is 6.39. The number of aromatic nitrogens is 1. The second kappa shape index (κ2) is 8.21. The minimum Gasteiger partial charge on any atom is -0.377 e. The maximum absolute atomic E-state index is 12.1. The summed E-state index contributed by atoms with van der Waals surface area (Å²) in [6.45, 7) is 3.70. The molecule has 126 valence electrons. The predicted octanol–water partition coefficient (Wildman–Crippen LogP) is 2.60. The Hall–Kier alpha value is -2.73. The number of hydrogen-bond acceptors (Lipinski definition) is 4. The summed E-state index contributed by atoms with van der Waals surface area (Å²) in [6.07, 6.45) is 3.21. The Morgan fingerprint density at radius 2 is 1.83 bits per heavy atom. The number of nitrogens with zero attached hydrogens (tertiary/aromatic N) is 1. The maximum Gasteiger partial charge on any atom is 0.313 e. The molecule has 0 radical (unpaired) electrons. The normalized spacial score (nSPS) is 13.0. The van der Waals surface area contributed by atoms with Crippen LogP contribution < -0.4 is 10.6 Å². The number of rotatable bonds is 5. The third-order valence-corrected chi connectivity index (χ3v) is 3.71. The zero-order valence-corrected chi connectivity index (χ0v) is 13.9. The first kappa shape index (κ1) is 17.6. The summed E-state index contributed by atoms with van der Waals surface area (Å²) in [5.74, 6) is -1.41. The third kappa shape index (κ3) is 4.63. The zero-order chi connectivity index (χ0) is 17.5. The molecule has 6 nitrogen and oxygen atoms in total. The van der Waals surface area contributed by atoms with Gasteiger partial charge in [0.05, 0.1) is 12.1 Å². The minimum atomic E-state index is -0.715. The van der Waals surface area contributed by atoms with Gasteiger partial charge >= 0.3 is 11.8 Å². The molecule has 1 heterocycles. The fraction of sp³-hybridized carbons (Fsp3) is 0.278. The topological polar surface area (TPSA) is 80.3 Å². The first-order chi connectivity index (χ1) is 11.5. The quantitative estimate of drug-likeness (QED) is 0.827. The smallest absolute Gasteiger partial charge is 0.313 e. The largest absolute Gasteiger partial charge is 0.377 e. The van der Waals surface area contributed by atoms with E-state index in [0.29, 0.717) is 5.69 Å². The fourth-order valence-electron chi connectivity index (χ4n) is 2.17. The molecule has 2 atom stereocenters. The molecule has 2 aromatic rings. The van der Waals surface area contributed by atoms with Crippen molar-refractivity contribution < 1.29 is 14.3 Å². The monoisotopic (exact) mass is 327 g/mol. The first-order valence-electron chi connectivity index (χ1n) is 7.65. The van der Waals surface area contributed by atoms with Crippen LogP contribution >= 0.6 is 0 Å². The molecule has 0 spiro atoms. The molecular weight excluding hydrogens is 306 g/mol. The molecule has 0 saturated carbocycles. The van der Waals surface area contributed by atoms with Crippen LogP contribution in [-0.4, -0.2) is 23.9 Å². The second-order valence-electron chi connectivity index (χ2n) is 5.44. The lowest BCUT2D eigenvalue weighted by molar-refractivity contribution is -0.136. The van der Waals surface area contributed by atoms with E-state index in [0.717, 1.165) is 11.1 Å². The standard InChI is InChI=1S/C18H21N3O3/c1-12(15-7-5-9-19-11-15)20-17(22)18(23)21-16-8-4-6-14(10-16)13(2)24-3/h4-13H,1-3H3,(H,20,22)(H,21,23)/t12-,13+/m0/s1. The van der Waals surface area contributed by atoms with Crippen LogP contribution in [0.1, 0.15) is 37.1 Å². The Labute approximate surface area is 141 Å². The average Bonchev–Trinajstić information content (AvgIpc) is 2.61. The third-order valence-electron chi connectivity index (χ3n) is 3.71. The number of nitrogens with one attached hydrogen (secondary N) is 2. The Morgan fingerprint density at radius 3 is 2.50 bits per heavy atom. The van der Waals surface area contributed by atoms with Gasteiger partial charge in [-0.15, -0.1) is 0 Å². The molecule has 6 heteroatoms. The molecule has 0 saturated heterocycles. The molecular formula is C18H21N3O3. The predicted molar refractivity (Wildman–Crippen MR) is 91.3 cm³/mol. The number of carbonyl (C=O) groups excluding carboxylic acids is 2. The van der Waals surface area contributed by atoms with E-state index in [-0.39, 0.29) is 12.1 Å². The summed E-state index contributed by atoms with van der Waals surface area (Å²) in [4.78, 5) is 28.1. The number of ether oxygens (including phenoxy) is 1. The van der Waals surface area contributed by atoms with Crippen molar-refractivity contribution in [2.75, 3.05) is 12.4 Å². The summed E-state index contributed by atoms with van der Waals surface area (Å²) in [5.41, 5.74) is 2.29. The Balaban J connectivity index is 1.98. The lowest BCUT2D eigenvalue weighted by atomic mass is 10.1. The summed E-state index contributed by atoms with van der Waals surface area (Å²) in [5, 5.41) is 5.24. The van der Waals surface area contributed by atoms with E-state index in [1.54, 1.807) is 50.7 Å². The van der Waals surface area contributed by atoms with Crippen LogP contribution in [0.2, 0.25) is 0 Å². The van der Waals surface area contributed by atoms with E-state index < -0.39 is 11.8 Å². The molecule has 2 amide bonds. The van der Waals surface area contributed by atoms with Gasteiger partial charge in [0.25, 0.3) is 0 Å². The van der Waals surface area contributed by atoms with E-state index in [4.69, 9.17) is 4.74 Å². The van der Waals surface area contributed by atoms with Crippen molar-refractivity contribution in [3.8, 4) is 0 Å². The number of carbonyl (C=O) groups is 2. The van der Waals surface area contributed by atoms with Gasteiger partial charge < -0.3 is 15.4 Å². The molecule has 2 rings (SSSR count). The van der Waals surface area contributed by atoms with Gasteiger partial charge in [-0.05, 0) is 43.2 Å². The van der Waals surface area contributed by atoms with E-state index in [1.807, 2.05) is 19.1 Å². The maximum atomic E-state index is 12.1. The number of pyridine rings is 1. The van der Waals surface area contributed by atoms with Crippen molar-refractivity contribution >= 4 is 17.5 Å². The van der Waals surface area contributed by atoms with Gasteiger partial charge in [0.2, 0.25) is 0 Å². The fourth-order valence-corrected chi connectivity index (χ4v) is 2.17. The van der Waals surface area contributed by atoms with Crippen molar-refractivity contribution in [3.63, 3.8) is 0 Å². The van der Waals surface area contributed by atoms with Crippen molar-refractivity contribution in [1.29, 1.82) is 0 Å². The molecule has 1 aromatic carbocycles. The van der Waals surface area contributed by atoms with Gasteiger partial charge in [0.1, 0.15) is 0 Å². The van der Waals surface area contributed by atoms with Crippen LogP contribution in [0.4, 0.5) is 5.69 Å². The van der Waals surface area contributed by atoms with E-state index in [9.17, 15) is 9.59 Å². The molecule has 24 heavy (non-hydrogen) atoms. The average molecular weight is 327 g/mol. The van der Waals surface area contributed by atoms with Crippen LogP contribution in [0.25, 0.3) is 0 Å². The lowest BCUT2D eigenvalue weighted by Crippen LogP contribution is -2.36. The van der Waals surface area contributed by atoms with Gasteiger partial charge in [-0.1, -0.05) is 18.2 Å². The SMILES string of the molecule is CO[C@H](C)c1cccc(NC(=O)C(=O)N[C@@H](C)c2cccnc2)c1. The molecule has 1 aromatic heterocycles. The summed E-state index contributed by atoms with van der Waals surface area (Å²) in [6, 6.07) is 10.5. The van der Waals surface area contributed by atoms with E-state index >= 15 is 0 Å². The first-order valence-corrected chi connectivity index (χ1v) is 7.65. The zero-order valence-electron chi connectivity index (χ0n) is 13.9. The molecule has 0 aliphatic carbocycles. The van der Waals surface area contributed by atoms with Crippen molar-refractivity contribution in [2.45, 2.75) is 26.0 Å². The van der Waals surface area contributed by atoms with Gasteiger partial charge in [-0.2, -0.15) is 0 Å². The molecule has 0 unspecified atom stereocenters. The number of methoxy groups -OCH3 is 1. The Bertz CT molecular complexity index is 704. The molecule has 0 fully saturated rings. The minimum absolute atomic E-state index is 0.0960. The van der Waals surface area contributed by atoms with Gasteiger partial charge in [0.15, 0.2) is 0 Å².